The summed E-state index contributed by atoms with van der Waals surface area (Å²) in [6, 6.07) is 11.6. The van der Waals surface area contributed by atoms with E-state index in [-0.39, 0.29) is 27.6 Å². The fraction of sp³-hybridized carbons (Fsp3) is 0.100. The van der Waals surface area contributed by atoms with Gasteiger partial charge in [0, 0.05) is 12.1 Å². The lowest BCUT2D eigenvalue weighted by atomic mass is 9.98. The van der Waals surface area contributed by atoms with Crippen molar-refractivity contribution in [1.82, 2.24) is 10.2 Å². The minimum absolute atomic E-state index is 0.0944. The van der Waals surface area contributed by atoms with E-state index in [2.05, 4.69) is 10.2 Å². The zero-order valence-corrected chi connectivity index (χ0v) is 16.3. The van der Waals surface area contributed by atoms with Crippen LogP contribution < -0.4 is 10.3 Å². The van der Waals surface area contributed by atoms with Crippen molar-refractivity contribution in [2.24, 2.45) is 0 Å². The zero-order valence-electron chi connectivity index (χ0n) is 15.4. The standard InChI is InChI=1S/C20H12N4O5S/c1-10-21-22-20(30-10)23-16(11-5-4-6-12(9-11)24(27)28)15-17(25)13-7-2-3-8-14(13)29-18(15)19(23)26/h2-9,16H,1H3. The van der Waals surface area contributed by atoms with Crippen LogP contribution in [0, 0.1) is 17.0 Å². The summed E-state index contributed by atoms with van der Waals surface area (Å²) >= 11 is 1.18. The van der Waals surface area contributed by atoms with Crippen molar-refractivity contribution >= 4 is 39.0 Å². The molecular formula is C20H12N4O5S. The van der Waals surface area contributed by atoms with Gasteiger partial charge in [0.15, 0.2) is 5.43 Å². The number of aryl methyl sites for hydroxylation is 1. The number of carbonyl (C=O) groups is 1. The smallest absolute Gasteiger partial charge is 0.297 e. The van der Waals surface area contributed by atoms with Crippen molar-refractivity contribution in [2.75, 3.05) is 4.90 Å². The molecule has 1 atom stereocenters. The number of nitro groups is 1. The molecule has 30 heavy (non-hydrogen) atoms. The van der Waals surface area contributed by atoms with Crippen molar-refractivity contribution < 1.29 is 14.1 Å². The molecule has 148 valence electrons. The summed E-state index contributed by atoms with van der Waals surface area (Å²) in [7, 11) is 0. The quantitative estimate of drug-likeness (QED) is 0.367. The van der Waals surface area contributed by atoms with Gasteiger partial charge >= 0.3 is 0 Å². The molecule has 3 heterocycles. The SMILES string of the molecule is Cc1nnc(N2C(=O)c3oc4ccccc4c(=O)c3C2c2cccc([N+](=O)[O-])c2)s1. The Morgan fingerprint density at radius 1 is 1.13 bits per heavy atom. The average molecular weight is 420 g/mol. The molecule has 2 aromatic heterocycles. The largest absolute Gasteiger partial charge is 0.450 e. The van der Waals surface area contributed by atoms with E-state index in [1.807, 2.05) is 0 Å². The maximum atomic E-state index is 13.3. The molecule has 0 fully saturated rings. The first-order valence-corrected chi connectivity index (χ1v) is 9.71. The highest BCUT2D eigenvalue weighted by Gasteiger charge is 2.45. The van der Waals surface area contributed by atoms with Crippen LogP contribution in [0.3, 0.4) is 0 Å². The zero-order chi connectivity index (χ0) is 21.0. The number of hydrogen-bond donors (Lipinski definition) is 0. The number of nitrogens with zero attached hydrogens (tertiary/aromatic N) is 4. The number of amides is 1. The molecular weight excluding hydrogens is 408 g/mol. The lowest BCUT2D eigenvalue weighted by molar-refractivity contribution is -0.384. The van der Waals surface area contributed by atoms with Gasteiger partial charge in [0.2, 0.25) is 10.9 Å². The molecule has 0 spiro atoms. The van der Waals surface area contributed by atoms with Crippen molar-refractivity contribution in [3.05, 3.63) is 90.8 Å². The first-order chi connectivity index (χ1) is 14.5. The van der Waals surface area contributed by atoms with Crippen LogP contribution in [0.25, 0.3) is 11.0 Å². The minimum atomic E-state index is -0.916. The van der Waals surface area contributed by atoms with Crippen LogP contribution in [-0.2, 0) is 0 Å². The number of fused-ring (bicyclic) bond motifs is 2. The van der Waals surface area contributed by atoms with Gasteiger partial charge in [0.05, 0.1) is 21.9 Å². The summed E-state index contributed by atoms with van der Waals surface area (Å²) in [6.45, 7) is 1.74. The highest BCUT2D eigenvalue weighted by Crippen LogP contribution is 2.42. The van der Waals surface area contributed by atoms with E-state index in [0.29, 0.717) is 21.5 Å². The van der Waals surface area contributed by atoms with Gasteiger partial charge in [-0.3, -0.25) is 24.6 Å². The summed E-state index contributed by atoms with van der Waals surface area (Å²) in [5, 5.41) is 20.6. The molecule has 2 aromatic carbocycles. The summed E-state index contributed by atoms with van der Waals surface area (Å²) in [5.41, 5.74) is 0.328. The Hall–Kier alpha value is -3.92. The van der Waals surface area contributed by atoms with Crippen molar-refractivity contribution in [3.63, 3.8) is 0 Å². The molecule has 10 heteroatoms. The number of rotatable bonds is 3. The number of nitro benzene ring substituents is 1. The lowest BCUT2D eigenvalue weighted by Gasteiger charge is -2.21. The average Bonchev–Trinajstić information content (AvgIpc) is 3.29. The minimum Gasteiger partial charge on any atom is -0.450 e. The van der Waals surface area contributed by atoms with Crippen molar-refractivity contribution in [3.8, 4) is 0 Å². The Labute approximate surface area is 172 Å². The normalized spacial score (nSPS) is 15.6. The van der Waals surface area contributed by atoms with Gasteiger partial charge in [0.1, 0.15) is 10.6 Å². The van der Waals surface area contributed by atoms with Gasteiger partial charge in [-0.2, -0.15) is 0 Å². The maximum absolute atomic E-state index is 13.3. The predicted molar refractivity (Wildman–Crippen MR) is 109 cm³/mol. The summed E-state index contributed by atoms with van der Waals surface area (Å²) < 4.78 is 5.82. The van der Waals surface area contributed by atoms with E-state index in [9.17, 15) is 19.7 Å². The number of anilines is 1. The summed E-state index contributed by atoms with van der Waals surface area (Å²) in [6.07, 6.45) is 0. The van der Waals surface area contributed by atoms with Gasteiger partial charge < -0.3 is 4.42 Å². The van der Waals surface area contributed by atoms with E-state index >= 15 is 0 Å². The Morgan fingerprint density at radius 2 is 1.93 bits per heavy atom. The Bertz CT molecular complexity index is 1410. The van der Waals surface area contributed by atoms with E-state index in [4.69, 9.17) is 4.42 Å². The molecule has 0 saturated carbocycles. The van der Waals surface area contributed by atoms with E-state index in [0.717, 1.165) is 0 Å². The Morgan fingerprint density at radius 3 is 2.67 bits per heavy atom. The second-order valence-electron chi connectivity index (χ2n) is 6.70. The molecule has 1 aliphatic rings. The molecule has 0 N–H and O–H groups in total. The number of hydrogen-bond acceptors (Lipinski definition) is 8. The number of para-hydroxylation sites is 1. The predicted octanol–water partition coefficient (Wildman–Crippen LogP) is 3.61. The van der Waals surface area contributed by atoms with Crippen molar-refractivity contribution in [1.29, 1.82) is 0 Å². The van der Waals surface area contributed by atoms with E-state index < -0.39 is 16.9 Å². The van der Waals surface area contributed by atoms with Crippen molar-refractivity contribution in [2.45, 2.75) is 13.0 Å². The van der Waals surface area contributed by atoms with Crippen LogP contribution in [0.15, 0.2) is 57.7 Å². The van der Waals surface area contributed by atoms with Gasteiger partial charge in [-0.15, -0.1) is 10.2 Å². The molecule has 9 nitrogen and oxygen atoms in total. The highest BCUT2D eigenvalue weighted by molar-refractivity contribution is 7.15. The molecule has 1 amide bonds. The van der Waals surface area contributed by atoms with Gasteiger partial charge in [-0.1, -0.05) is 35.6 Å². The first-order valence-electron chi connectivity index (χ1n) is 8.89. The van der Waals surface area contributed by atoms with Crippen LogP contribution >= 0.6 is 11.3 Å². The topological polar surface area (TPSA) is 119 Å². The monoisotopic (exact) mass is 420 g/mol. The van der Waals surface area contributed by atoms with Crippen LogP contribution in [0.5, 0.6) is 0 Å². The fourth-order valence-electron chi connectivity index (χ4n) is 3.62. The maximum Gasteiger partial charge on any atom is 0.297 e. The van der Waals surface area contributed by atoms with Crippen LogP contribution in [0.1, 0.15) is 32.7 Å². The second-order valence-corrected chi connectivity index (χ2v) is 7.86. The molecule has 4 aromatic rings. The lowest BCUT2D eigenvalue weighted by Crippen LogP contribution is -2.29. The summed E-state index contributed by atoms with van der Waals surface area (Å²) in [5.74, 6) is -0.636. The Balaban J connectivity index is 1.82. The van der Waals surface area contributed by atoms with Crippen LogP contribution in [-0.4, -0.2) is 21.0 Å². The molecule has 1 aliphatic heterocycles. The molecule has 5 rings (SSSR count). The van der Waals surface area contributed by atoms with Crippen LogP contribution in [0.4, 0.5) is 10.8 Å². The number of aromatic nitrogens is 2. The van der Waals surface area contributed by atoms with Gasteiger partial charge in [0.25, 0.3) is 11.6 Å². The molecule has 0 bridgehead atoms. The van der Waals surface area contributed by atoms with Crippen LogP contribution in [0.2, 0.25) is 0 Å². The highest BCUT2D eigenvalue weighted by atomic mass is 32.1. The molecule has 0 saturated heterocycles. The number of non-ortho nitro benzene ring substituents is 1. The third-order valence-electron chi connectivity index (χ3n) is 4.90. The second kappa shape index (κ2) is 6.56. The third-order valence-corrected chi connectivity index (χ3v) is 5.73. The first kappa shape index (κ1) is 18.1. The number of carbonyl (C=O) groups excluding carboxylic acids is 1. The molecule has 1 unspecified atom stereocenters. The third kappa shape index (κ3) is 2.61. The number of benzene rings is 2. The summed E-state index contributed by atoms with van der Waals surface area (Å²) in [4.78, 5) is 38.7. The molecule has 0 radical (unpaired) electrons. The van der Waals surface area contributed by atoms with Gasteiger partial charge in [-0.25, -0.2) is 0 Å². The fourth-order valence-corrected chi connectivity index (χ4v) is 4.34. The van der Waals surface area contributed by atoms with E-state index in [1.54, 1.807) is 37.3 Å². The Kier molecular flexibility index (Phi) is 3.97. The van der Waals surface area contributed by atoms with Gasteiger partial charge in [-0.05, 0) is 24.6 Å². The molecule has 0 aliphatic carbocycles. The van der Waals surface area contributed by atoms with E-state index in [1.165, 1.54) is 34.4 Å².